The minimum Gasteiger partial charge on any atom is -0.350 e. The van der Waals surface area contributed by atoms with Crippen LogP contribution in [0.3, 0.4) is 0 Å². The molecular formula is C8H6Cl2NO. The van der Waals surface area contributed by atoms with Crippen molar-refractivity contribution in [2.45, 2.75) is 0 Å². The topological polar surface area (TPSA) is 29.1 Å². The summed E-state index contributed by atoms with van der Waals surface area (Å²) in [6.07, 6.45) is 0. The quantitative estimate of drug-likeness (QED) is 0.746. The standard InChI is InChI=1S/C8H6Cl2NO/c1-11-8(12)5-2-3-6(9)7(10)4-5/h2-4H,1H2,(H,11,12). The first-order valence-electron chi connectivity index (χ1n) is 3.17. The lowest BCUT2D eigenvalue weighted by atomic mass is 10.2. The summed E-state index contributed by atoms with van der Waals surface area (Å²) < 4.78 is 0. The second kappa shape index (κ2) is 3.78. The van der Waals surface area contributed by atoms with E-state index in [9.17, 15) is 4.79 Å². The van der Waals surface area contributed by atoms with Crippen LogP contribution < -0.4 is 5.32 Å². The number of amides is 1. The third-order valence-electron chi connectivity index (χ3n) is 1.34. The lowest BCUT2D eigenvalue weighted by Gasteiger charge is -2.00. The molecule has 0 aliphatic heterocycles. The zero-order valence-corrected chi connectivity index (χ0v) is 7.62. The highest BCUT2D eigenvalue weighted by molar-refractivity contribution is 6.42. The molecule has 0 unspecified atom stereocenters. The minimum atomic E-state index is -0.284. The van der Waals surface area contributed by atoms with Crippen molar-refractivity contribution in [1.82, 2.24) is 5.32 Å². The molecule has 0 saturated carbocycles. The van der Waals surface area contributed by atoms with Gasteiger partial charge in [0, 0.05) is 12.6 Å². The predicted octanol–water partition coefficient (Wildman–Crippen LogP) is 2.51. The maximum Gasteiger partial charge on any atom is 0.251 e. The summed E-state index contributed by atoms with van der Waals surface area (Å²) in [4.78, 5) is 11.0. The lowest BCUT2D eigenvalue weighted by molar-refractivity contribution is 0.0969. The molecule has 63 valence electrons. The summed E-state index contributed by atoms with van der Waals surface area (Å²) >= 11 is 11.3. The predicted molar refractivity (Wildman–Crippen MR) is 49.3 cm³/mol. The maximum absolute atomic E-state index is 11.0. The van der Waals surface area contributed by atoms with Crippen LogP contribution in [0.15, 0.2) is 18.2 Å². The summed E-state index contributed by atoms with van der Waals surface area (Å²) in [6.45, 7) is 0. The third-order valence-corrected chi connectivity index (χ3v) is 2.08. The van der Waals surface area contributed by atoms with E-state index >= 15 is 0 Å². The molecule has 1 aromatic carbocycles. The van der Waals surface area contributed by atoms with E-state index in [1.807, 2.05) is 0 Å². The van der Waals surface area contributed by atoms with Gasteiger partial charge in [0.2, 0.25) is 0 Å². The van der Waals surface area contributed by atoms with E-state index in [-0.39, 0.29) is 5.91 Å². The van der Waals surface area contributed by atoms with Gasteiger partial charge in [0.15, 0.2) is 0 Å². The fourth-order valence-corrected chi connectivity index (χ4v) is 1.04. The molecule has 2 nitrogen and oxygen atoms in total. The van der Waals surface area contributed by atoms with Crippen LogP contribution >= 0.6 is 23.2 Å². The molecule has 0 heterocycles. The van der Waals surface area contributed by atoms with Gasteiger partial charge in [0.1, 0.15) is 0 Å². The van der Waals surface area contributed by atoms with Gasteiger partial charge in [-0.05, 0) is 18.2 Å². The molecule has 0 atom stereocenters. The lowest BCUT2D eigenvalue weighted by Crippen LogP contribution is -2.15. The molecule has 12 heavy (non-hydrogen) atoms. The smallest absolute Gasteiger partial charge is 0.251 e. The highest BCUT2D eigenvalue weighted by Crippen LogP contribution is 2.22. The first kappa shape index (κ1) is 9.36. The van der Waals surface area contributed by atoms with E-state index in [4.69, 9.17) is 23.2 Å². The highest BCUT2D eigenvalue weighted by atomic mass is 35.5. The average molecular weight is 203 g/mol. The number of halogens is 2. The largest absolute Gasteiger partial charge is 0.350 e. The number of carbonyl (C=O) groups excluding carboxylic acids is 1. The normalized spacial score (nSPS) is 9.58. The molecule has 1 rings (SSSR count). The van der Waals surface area contributed by atoms with Crippen LogP contribution in [0.25, 0.3) is 0 Å². The van der Waals surface area contributed by atoms with Crippen molar-refractivity contribution in [2.75, 3.05) is 0 Å². The second-order valence-electron chi connectivity index (χ2n) is 2.13. The van der Waals surface area contributed by atoms with Gasteiger partial charge in [-0.15, -0.1) is 0 Å². The van der Waals surface area contributed by atoms with E-state index in [0.717, 1.165) is 0 Å². The fourth-order valence-electron chi connectivity index (χ4n) is 0.739. The molecule has 4 heteroatoms. The molecule has 0 aromatic heterocycles. The minimum absolute atomic E-state index is 0.284. The molecule has 1 amide bonds. The van der Waals surface area contributed by atoms with Crippen molar-refractivity contribution in [1.29, 1.82) is 0 Å². The van der Waals surface area contributed by atoms with Gasteiger partial charge in [-0.1, -0.05) is 23.2 Å². The summed E-state index contributed by atoms with van der Waals surface area (Å²) in [5, 5.41) is 3.02. The van der Waals surface area contributed by atoms with Gasteiger partial charge in [-0.3, -0.25) is 4.79 Å². The molecule has 0 bridgehead atoms. The average Bonchev–Trinajstić information content (AvgIpc) is 2.08. The highest BCUT2D eigenvalue weighted by Gasteiger charge is 2.04. The fraction of sp³-hybridized carbons (Fsp3) is 0. The Labute approximate surface area is 80.5 Å². The van der Waals surface area contributed by atoms with E-state index in [1.165, 1.54) is 6.07 Å². The summed E-state index contributed by atoms with van der Waals surface area (Å²) in [5.74, 6) is -0.284. The zero-order chi connectivity index (χ0) is 9.14. The van der Waals surface area contributed by atoms with Crippen molar-refractivity contribution < 1.29 is 4.79 Å². The van der Waals surface area contributed by atoms with Gasteiger partial charge in [-0.2, -0.15) is 0 Å². The summed E-state index contributed by atoms with van der Waals surface area (Å²) in [6, 6.07) is 4.63. The Morgan fingerprint density at radius 2 is 2.00 bits per heavy atom. The number of hydrogen-bond donors (Lipinski definition) is 1. The number of benzene rings is 1. The first-order chi connectivity index (χ1) is 5.65. The molecule has 0 spiro atoms. The van der Waals surface area contributed by atoms with Crippen molar-refractivity contribution >= 4 is 29.1 Å². The van der Waals surface area contributed by atoms with E-state index in [0.29, 0.717) is 15.6 Å². The van der Waals surface area contributed by atoms with Crippen LogP contribution in [0, 0.1) is 7.05 Å². The zero-order valence-electron chi connectivity index (χ0n) is 6.10. The molecule has 0 fully saturated rings. The van der Waals surface area contributed by atoms with Crippen LogP contribution in [0.4, 0.5) is 0 Å². The Hall–Kier alpha value is -0.730. The molecule has 1 radical (unpaired) electrons. The second-order valence-corrected chi connectivity index (χ2v) is 2.95. The van der Waals surface area contributed by atoms with Gasteiger partial charge in [0.25, 0.3) is 5.91 Å². The number of carbonyl (C=O) groups is 1. The van der Waals surface area contributed by atoms with Crippen molar-refractivity contribution in [2.24, 2.45) is 0 Å². The van der Waals surface area contributed by atoms with Crippen molar-refractivity contribution in [3.05, 3.63) is 40.9 Å². The van der Waals surface area contributed by atoms with Gasteiger partial charge in [-0.25, -0.2) is 0 Å². The van der Waals surface area contributed by atoms with Crippen LogP contribution in [0.5, 0.6) is 0 Å². The Kier molecular flexibility index (Phi) is 2.95. The van der Waals surface area contributed by atoms with Crippen LogP contribution in [0.2, 0.25) is 10.0 Å². The summed E-state index contributed by atoms with van der Waals surface area (Å²) in [7, 11) is 3.24. The Morgan fingerprint density at radius 3 is 2.50 bits per heavy atom. The molecule has 0 saturated heterocycles. The third kappa shape index (κ3) is 1.90. The first-order valence-corrected chi connectivity index (χ1v) is 3.93. The van der Waals surface area contributed by atoms with Crippen LogP contribution in [0.1, 0.15) is 10.4 Å². The Morgan fingerprint density at radius 1 is 1.33 bits per heavy atom. The monoisotopic (exact) mass is 202 g/mol. The van der Waals surface area contributed by atoms with E-state index < -0.39 is 0 Å². The van der Waals surface area contributed by atoms with Gasteiger partial charge < -0.3 is 5.32 Å². The molecule has 0 aliphatic carbocycles. The van der Waals surface area contributed by atoms with Gasteiger partial charge in [0.05, 0.1) is 10.0 Å². The van der Waals surface area contributed by atoms with E-state index in [2.05, 4.69) is 12.4 Å². The molecule has 0 aliphatic rings. The van der Waals surface area contributed by atoms with Crippen LogP contribution in [-0.4, -0.2) is 5.91 Å². The number of rotatable bonds is 1. The maximum atomic E-state index is 11.0. The molecular weight excluding hydrogens is 197 g/mol. The van der Waals surface area contributed by atoms with Crippen LogP contribution in [-0.2, 0) is 0 Å². The molecule has 1 N–H and O–H groups in total. The SMILES string of the molecule is [CH2]NC(=O)c1ccc(Cl)c(Cl)c1. The number of nitrogens with one attached hydrogen (secondary N) is 1. The summed E-state index contributed by atoms with van der Waals surface area (Å²) in [5.41, 5.74) is 0.444. The van der Waals surface area contributed by atoms with Crippen molar-refractivity contribution in [3.63, 3.8) is 0 Å². The Bertz CT molecular complexity index is 312. The molecule has 1 aromatic rings. The Balaban J connectivity index is 3.05. The van der Waals surface area contributed by atoms with Crippen molar-refractivity contribution in [3.8, 4) is 0 Å². The van der Waals surface area contributed by atoms with E-state index in [1.54, 1.807) is 12.1 Å². The number of hydrogen-bond acceptors (Lipinski definition) is 1. The van der Waals surface area contributed by atoms with Gasteiger partial charge >= 0.3 is 0 Å².